The molecule has 0 heterocycles. The van der Waals surface area contributed by atoms with Crippen LogP contribution < -0.4 is 5.32 Å². The van der Waals surface area contributed by atoms with E-state index in [1.807, 2.05) is 0 Å². The molecule has 1 rings (SSSR count). The Hall–Kier alpha value is -1.06. The summed E-state index contributed by atoms with van der Waals surface area (Å²) in [5.41, 5.74) is 0.850. The van der Waals surface area contributed by atoms with Gasteiger partial charge in [0.15, 0.2) is 0 Å². The van der Waals surface area contributed by atoms with E-state index in [9.17, 15) is 8.42 Å². The Bertz CT molecular complexity index is 579. The van der Waals surface area contributed by atoms with Gasteiger partial charge in [0.2, 0.25) is 10.0 Å². The minimum atomic E-state index is -3.58. The summed E-state index contributed by atoms with van der Waals surface area (Å²) in [5, 5.41) is 3.39. The molecule has 4 nitrogen and oxygen atoms in total. The van der Waals surface area contributed by atoms with Crippen LogP contribution in [0, 0.1) is 12.3 Å². The predicted octanol–water partition coefficient (Wildman–Crippen LogP) is 1.70. The number of terminal acetylenes is 1. The second-order valence-corrected chi connectivity index (χ2v) is 6.26. The molecule has 0 saturated heterocycles. The molecule has 19 heavy (non-hydrogen) atoms. The van der Waals surface area contributed by atoms with Gasteiger partial charge >= 0.3 is 0 Å². The molecular weight excluding hydrogens is 284 g/mol. The lowest BCUT2D eigenvalue weighted by Crippen LogP contribution is -2.31. The molecule has 1 N–H and O–H groups in total. The second kappa shape index (κ2) is 6.92. The summed E-state index contributed by atoms with van der Waals surface area (Å²) in [5.74, 6) is 2.34. The van der Waals surface area contributed by atoms with Crippen LogP contribution in [0.4, 0.5) is 0 Å². The summed E-state index contributed by atoms with van der Waals surface area (Å²) >= 11 is 6.08. The minimum Gasteiger partial charge on any atom is -0.316 e. The molecule has 0 aliphatic heterocycles. The minimum absolute atomic E-state index is 0.0503. The third kappa shape index (κ3) is 3.71. The summed E-state index contributed by atoms with van der Waals surface area (Å²) in [6, 6.07) is 4.71. The monoisotopic (exact) mass is 300 g/mol. The summed E-state index contributed by atoms with van der Waals surface area (Å²) in [4.78, 5) is 0.162. The summed E-state index contributed by atoms with van der Waals surface area (Å²) in [6.07, 6.45) is 5.18. The Morgan fingerprint density at radius 1 is 1.47 bits per heavy atom. The van der Waals surface area contributed by atoms with Crippen LogP contribution in [-0.2, 0) is 16.6 Å². The quantitative estimate of drug-likeness (QED) is 0.814. The van der Waals surface area contributed by atoms with E-state index in [1.165, 1.54) is 10.4 Å². The maximum Gasteiger partial charge on any atom is 0.243 e. The fraction of sp³-hybridized carbons (Fsp3) is 0.385. The third-order valence-corrected chi connectivity index (χ3v) is 4.92. The number of rotatable bonds is 6. The molecule has 0 fully saturated rings. The predicted molar refractivity (Wildman–Crippen MR) is 77.5 cm³/mol. The standard InChI is InChI=1S/C13H17ClN2O2S/c1-4-8-16(5-2)19(17,18)12-7-6-11(10-15-3)13(14)9-12/h1,6-7,9,15H,5,8,10H2,2-3H3. The van der Waals surface area contributed by atoms with Crippen molar-refractivity contribution in [2.75, 3.05) is 20.1 Å². The van der Waals surface area contributed by atoms with Crippen molar-refractivity contribution in [3.05, 3.63) is 28.8 Å². The summed E-state index contributed by atoms with van der Waals surface area (Å²) in [6.45, 7) is 2.70. The van der Waals surface area contributed by atoms with Gasteiger partial charge in [-0.25, -0.2) is 8.42 Å². The highest BCUT2D eigenvalue weighted by Crippen LogP contribution is 2.23. The molecule has 0 aliphatic carbocycles. The summed E-state index contributed by atoms with van der Waals surface area (Å²) < 4.78 is 25.9. The van der Waals surface area contributed by atoms with E-state index in [0.29, 0.717) is 18.1 Å². The van der Waals surface area contributed by atoms with Crippen molar-refractivity contribution in [3.63, 3.8) is 0 Å². The first-order chi connectivity index (χ1) is 8.97. The van der Waals surface area contributed by atoms with Crippen LogP contribution in [0.5, 0.6) is 0 Å². The molecule has 0 amide bonds. The fourth-order valence-corrected chi connectivity index (χ4v) is 3.34. The maximum atomic E-state index is 12.3. The molecule has 1 aromatic carbocycles. The molecule has 104 valence electrons. The zero-order valence-corrected chi connectivity index (χ0v) is 12.6. The van der Waals surface area contributed by atoms with Gasteiger partial charge in [-0.15, -0.1) is 6.42 Å². The Balaban J connectivity index is 3.16. The third-order valence-electron chi connectivity index (χ3n) is 2.65. The van der Waals surface area contributed by atoms with Gasteiger partial charge in [-0.1, -0.05) is 30.5 Å². The van der Waals surface area contributed by atoms with Gasteiger partial charge < -0.3 is 5.32 Å². The van der Waals surface area contributed by atoms with E-state index in [0.717, 1.165) is 5.56 Å². The Morgan fingerprint density at radius 2 is 2.16 bits per heavy atom. The molecule has 0 saturated carbocycles. The van der Waals surface area contributed by atoms with E-state index in [-0.39, 0.29) is 11.4 Å². The lowest BCUT2D eigenvalue weighted by Gasteiger charge is -2.18. The molecule has 0 aromatic heterocycles. The molecule has 6 heteroatoms. The van der Waals surface area contributed by atoms with Crippen molar-refractivity contribution in [1.82, 2.24) is 9.62 Å². The van der Waals surface area contributed by atoms with Gasteiger partial charge in [-0.05, 0) is 24.7 Å². The van der Waals surface area contributed by atoms with E-state index in [2.05, 4.69) is 11.2 Å². The number of benzene rings is 1. The highest BCUT2D eigenvalue weighted by molar-refractivity contribution is 7.89. The fourth-order valence-electron chi connectivity index (χ4n) is 1.64. The van der Waals surface area contributed by atoms with E-state index in [4.69, 9.17) is 18.0 Å². The van der Waals surface area contributed by atoms with Crippen molar-refractivity contribution in [2.45, 2.75) is 18.4 Å². The van der Waals surface area contributed by atoms with E-state index < -0.39 is 10.0 Å². The number of halogens is 1. The van der Waals surface area contributed by atoms with Gasteiger partial charge in [-0.3, -0.25) is 0 Å². The van der Waals surface area contributed by atoms with Crippen LogP contribution in [0.15, 0.2) is 23.1 Å². The van der Waals surface area contributed by atoms with Crippen LogP contribution in [0.3, 0.4) is 0 Å². The van der Waals surface area contributed by atoms with Gasteiger partial charge in [0.1, 0.15) is 0 Å². The van der Waals surface area contributed by atoms with Crippen LogP contribution in [-0.4, -0.2) is 32.9 Å². The molecule has 0 bridgehead atoms. The van der Waals surface area contributed by atoms with Crippen LogP contribution >= 0.6 is 11.6 Å². The van der Waals surface area contributed by atoms with Crippen molar-refractivity contribution in [1.29, 1.82) is 0 Å². The average Bonchev–Trinajstić information content (AvgIpc) is 2.38. The SMILES string of the molecule is C#CCN(CC)S(=O)(=O)c1ccc(CNC)c(Cl)c1. The van der Waals surface area contributed by atoms with Crippen molar-refractivity contribution in [3.8, 4) is 12.3 Å². The van der Waals surface area contributed by atoms with Crippen molar-refractivity contribution in [2.24, 2.45) is 0 Å². The highest BCUT2D eigenvalue weighted by Gasteiger charge is 2.22. The topological polar surface area (TPSA) is 49.4 Å². The van der Waals surface area contributed by atoms with Gasteiger partial charge in [0, 0.05) is 18.1 Å². The lowest BCUT2D eigenvalue weighted by molar-refractivity contribution is 0.464. The van der Waals surface area contributed by atoms with Crippen LogP contribution in [0.1, 0.15) is 12.5 Å². The molecule has 0 unspecified atom stereocenters. The Kier molecular flexibility index (Phi) is 5.83. The molecular formula is C13H17ClN2O2S. The van der Waals surface area contributed by atoms with E-state index in [1.54, 1.807) is 26.1 Å². The molecule has 1 aromatic rings. The number of hydrogen-bond acceptors (Lipinski definition) is 3. The molecule has 0 spiro atoms. The Labute approximate surface area is 119 Å². The molecule has 0 radical (unpaired) electrons. The zero-order chi connectivity index (χ0) is 14.5. The van der Waals surface area contributed by atoms with Gasteiger partial charge in [0.25, 0.3) is 0 Å². The highest BCUT2D eigenvalue weighted by atomic mass is 35.5. The van der Waals surface area contributed by atoms with Gasteiger partial charge in [-0.2, -0.15) is 4.31 Å². The first kappa shape index (κ1) is 16.0. The number of nitrogens with zero attached hydrogens (tertiary/aromatic N) is 1. The molecule has 0 atom stereocenters. The first-order valence-electron chi connectivity index (χ1n) is 5.84. The average molecular weight is 301 g/mol. The maximum absolute atomic E-state index is 12.3. The van der Waals surface area contributed by atoms with E-state index >= 15 is 0 Å². The smallest absolute Gasteiger partial charge is 0.243 e. The van der Waals surface area contributed by atoms with Crippen molar-refractivity contribution < 1.29 is 8.42 Å². The van der Waals surface area contributed by atoms with Gasteiger partial charge in [0.05, 0.1) is 11.4 Å². The number of hydrogen-bond donors (Lipinski definition) is 1. The first-order valence-corrected chi connectivity index (χ1v) is 7.65. The zero-order valence-electron chi connectivity index (χ0n) is 11.0. The largest absolute Gasteiger partial charge is 0.316 e. The summed E-state index contributed by atoms with van der Waals surface area (Å²) in [7, 11) is -1.78. The van der Waals surface area contributed by atoms with Crippen LogP contribution in [0.25, 0.3) is 0 Å². The van der Waals surface area contributed by atoms with Crippen LogP contribution in [0.2, 0.25) is 5.02 Å². The molecule has 0 aliphatic rings. The Morgan fingerprint density at radius 3 is 2.63 bits per heavy atom. The lowest BCUT2D eigenvalue weighted by atomic mass is 10.2. The second-order valence-electron chi connectivity index (χ2n) is 3.92. The van der Waals surface area contributed by atoms with Crippen molar-refractivity contribution >= 4 is 21.6 Å². The number of nitrogens with one attached hydrogen (secondary N) is 1. The number of sulfonamides is 1. The normalized spacial score (nSPS) is 11.5.